The van der Waals surface area contributed by atoms with E-state index >= 15 is 0 Å². The Morgan fingerprint density at radius 1 is 1.25 bits per heavy atom. The van der Waals surface area contributed by atoms with Crippen LogP contribution in [-0.2, 0) is 9.78 Å². The molecule has 3 nitrogen and oxygen atoms in total. The Balaban J connectivity index is 2.42. The maximum atomic E-state index is 11.5. The molecule has 0 saturated heterocycles. The molecule has 0 N–H and O–H groups in total. The summed E-state index contributed by atoms with van der Waals surface area (Å²) in [7, 11) is 0. The third kappa shape index (κ3) is 3.66. The molecule has 16 heavy (non-hydrogen) atoms. The van der Waals surface area contributed by atoms with Crippen LogP contribution < -0.4 is 0 Å². The Bertz CT molecular complexity index is 321. The average molecular weight is 222 g/mol. The largest absolute Gasteiger partial charge is 0.373 e. The van der Waals surface area contributed by atoms with Gasteiger partial charge in [-0.2, -0.15) is 4.89 Å². The molecule has 3 heteroatoms. The van der Waals surface area contributed by atoms with Crippen LogP contribution in [0.1, 0.15) is 37.6 Å². The second kappa shape index (κ2) is 6.28. The summed E-state index contributed by atoms with van der Waals surface area (Å²) in [6.45, 7) is 6.02. The monoisotopic (exact) mass is 222 g/mol. The van der Waals surface area contributed by atoms with E-state index in [9.17, 15) is 4.79 Å². The summed E-state index contributed by atoms with van der Waals surface area (Å²) in [6.07, 6.45) is 0.905. The van der Waals surface area contributed by atoms with E-state index in [4.69, 9.17) is 9.78 Å². The summed E-state index contributed by atoms with van der Waals surface area (Å²) >= 11 is 0. The van der Waals surface area contributed by atoms with E-state index < -0.39 is 5.97 Å². The number of carbonyl (C=O) groups excluding carboxylic acids is 1. The van der Waals surface area contributed by atoms with Crippen molar-refractivity contribution in [1.82, 2.24) is 0 Å². The molecule has 0 fully saturated rings. The Morgan fingerprint density at radius 2 is 1.88 bits per heavy atom. The van der Waals surface area contributed by atoms with Gasteiger partial charge in [0.2, 0.25) is 0 Å². The van der Waals surface area contributed by atoms with Crippen LogP contribution in [-0.4, -0.2) is 12.1 Å². The van der Waals surface area contributed by atoms with Crippen LogP contribution in [0.4, 0.5) is 0 Å². The fraction of sp³-hybridized carbons (Fsp3) is 0.462. The van der Waals surface area contributed by atoms with Gasteiger partial charge in [0.25, 0.3) is 0 Å². The summed E-state index contributed by atoms with van der Waals surface area (Å²) in [6, 6.07) is 8.81. The van der Waals surface area contributed by atoms with Crippen molar-refractivity contribution in [3.63, 3.8) is 0 Å². The van der Waals surface area contributed by atoms with E-state index in [-0.39, 0.29) is 6.10 Å². The van der Waals surface area contributed by atoms with Crippen LogP contribution >= 0.6 is 0 Å². The zero-order valence-corrected chi connectivity index (χ0v) is 9.97. The summed E-state index contributed by atoms with van der Waals surface area (Å²) in [5.41, 5.74) is 0.499. The van der Waals surface area contributed by atoms with Gasteiger partial charge in [0.05, 0.1) is 5.56 Å². The van der Waals surface area contributed by atoms with Crippen molar-refractivity contribution in [2.45, 2.75) is 33.3 Å². The fourth-order valence-electron chi connectivity index (χ4n) is 1.17. The number of benzene rings is 1. The van der Waals surface area contributed by atoms with Gasteiger partial charge in [-0.1, -0.05) is 38.5 Å². The Hall–Kier alpha value is -1.35. The van der Waals surface area contributed by atoms with Crippen LogP contribution in [0.3, 0.4) is 0 Å². The normalized spacial score (nSPS) is 14.2. The molecule has 0 saturated carbocycles. The lowest BCUT2D eigenvalue weighted by molar-refractivity contribution is -0.279. The second-order valence-electron chi connectivity index (χ2n) is 3.92. The van der Waals surface area contributed by atoms with Gasteiger partial charge in [0.15, 0.2) is 0 Å². The third-order valence-corrected chi connectivity index (χ3v) is 2.73. The van der Waals surface area contributed by atoms with Crippen molar-refractivity contribution in [3.8, 4) is 0 Å². The van der Waals surface area contributed by atoms with Gasteiger partial charge in [0, 0.05) is 0 Å². The van der Waals surface area contributed by atoms with Crippen LogP contribution in [0.5, 0.6) is 0 Å². The predicted molar refractivity (Wildman–Crippen MR) is 61.9 cm³/mol. The van der Waals surface area contributed by atoms with Gasteiger partial charge in [-0.25, -0.2) is 4.79 Å². The molecule has 0 aliphatic rings. The average Bonchev–Trinajstić information content (AvgIpc) is 2.35. The molecule has 0 heterocycles. The highest BCUT2D eigenvalue weighted by atomic mass is 17.2. The highest BCUT2D eigenvalue weighted by Crippen LogP contribution is 2.12. The van der Waals surface area contributed by atoms with Crippen molar-refractivity contribution in [3.05, 3.63) is 35.9 Å². The zero-order valence-electron chi connectivity index (χ0n) is 9.97. The number of hydrogen-bond donors (Lipinski definition) is 0. The molecule has 0 radical (unpaired) electrons. The summed E-state index contributed by atoms with van der Waals surface area (Å²) in [5.74, 6) is -0.0840. The molecule has 1 aromatic rings. The van der Waals surface area contributed by atoms with E-state index in [1.165, 1.54) is 0 Å². The molecule has 2 unspecified atom stereocenters. The topological polar surface area (TPSA) is 35.5 Å². The maximum Gasteiger partial charge on any atom is 0.373 e. The molecule has 0 aromatic heterocycles. The van der Waals surface area contributed by atoms with Crippen molar-refractivity contribution in [2.75, 3.05) is 0 Å². The smallest absolute Gasteiger partial charge is 0.293 e. The molecule has 0 aliphatic carbocycles. The highest BCUT2D eigenvalue weighted by Gasteiger charge is 2.15. The van der Waals surface area contributed by atoms with Crippen molar-refractivity contribution < 1.29 is 14.6 Å². The molecule has 0 bridgehead atoms. The van der Waals surface area contributed by atoms with Gasteiger partial charge in [0.1, 0.15) is 6.10 Å². The predicted octanol–water partition coefficient (Wildman–Crippen LogP) is 3.21. The van der Waals surface area contributed by atoms with E-state index in [0.29, 0.717) is 11.5 Å². The molecule has 1 aromatic carbocycles. The van der Waals surface area contributed by atoms with Gasteiger partial charge < -0.3 is 0 Å². The standard InChI is InChI=1S/C13H18O3/c1-4-10(2)11(3)15-16-13(14)12-8-6-5-7-9-12/h5-11H,4H2,1-3H3. The molecule has 0 spiro atoms. The van der Waals surface area contributed by atoms with Crippen molar-refractivity contribution >= 4 is 5.97 Å². The first-order valence-corrected chi connectivity index (χ1v) is 5.57. The fourth-order valence-corrected chi connectivity index (χ4v) is 1.17. The van der Waals surface area contributed by atoms with E-state index in [1.807, 2.05) is 13.0 Å². The Morgan fingerprint density at radius 3 is 2.44 bits per heavy atom. The second-order valence-corrected chi connectivity index (χ2v) is 3.92. The van der Waals surface area contributed by atoms with Gasteiger partial charge in [-0.15, -0.1) is 0 Å². The first kappa shape index (κ1) is 12.7. The Labute approximate surface area is 96.3 Å². The molecular formula is C13H18O3. The molecule has 2 atom stereocenters. The minimum Gasteiger partial charge on any atom is -0.293 e. The third-order valence-electron chi connectivity index (χ3n) is 2.73. The Kier molecular flexibility index (Phi) is 4.99. The SMILES string of the molecule is CCC(C)C(C)OOC(=O)c1ccccc1. The molecule has 0 aliphatic heterocycles. The van der Waals surface area contributed by atoms with Crippen LogP contribution in [0, 0.1) is 5.92 Å². The molecule has 1 rings (SSSR count). The van der Waals surface area contributed by atoms with Crippen molar-refractivity contribution in [2.24, 2.45) is 5.92 Å². The quantitative estimate of drug-likeness (QED) is 0.567. The minimum atomic E-state index is -0.448. The summed E-state index contributed by atoms with van der Waals surface area (Å²) < 4.78 is 0. The maximum absolute atomic E-state index is 11.5. The van der Waals surface area contributed by atoms with Gasteiger partial charge in [-0.3, -0.25) is 4.89 Å². The lowest BCUT2D eigenvalue weighted by Gasteiger charge is -2.16. The summed E-state index contributed by atoms with van der Waals surface area (Å²) in [4.78, 5) is 21.3. The van der Waals surface area contributed by atoms with E-state index in [1.54, 1.807) is 24.3 Å². The first-order chi connectivity index (χ1) is 7.65. The molecule has 88 valence electrons. The van der Waals surface area contributed by atoms with E-state index in [2.05, 4.69) is 13.8 Å². The van der Waals surface area contributed by atoms with Crippen molar-refractivity contribution in [1.29, 1.82) is 0 Å². The van der Waals surface area contributed by atoms with Crippen LogP contribution in [0.2, 0.25) is 0 Å². The molecular weight excluding hydrogens is 204 g/mol. The highest BCUT2D eigenvalue weighted by molar-refractivity contribution is 5.88. The van der Waals surface area contributed by atoms with Gasteiger partial charge in [-0.05, 0) is 25.0 Å². The van der Waals surface area contributed by atoms with E-state index in [0.717, 1.165) is 6.42 Å². The van der Waals surface area contributed by atoms with Crippen LogP contribution in [0.15, 0.2) is 30.3 Å². The zero-order chi connectivity index (χ0) is 12.0. The number of rotatable bonds is 5. The van der Waals surface area contributed by atoms with Gasteiger partial charge >= 0.3 is 5.97 Å². The molecule has 0 amide bonds. The number of carbonyl (C=O) groups is 1. The lowest BCUT2D eigenvalue weighted by atomic mass is 10.0. The summed E-state index contributed by atoms with van der Waals surface area (Å²) in [5, 5.41) is 0. The minimum absolute atomic E-state index is 0.0855. The van der Waals surface area contributed by atoms with Crippen LogP contribution in [0.25, 0.3) is 0 Å². The number of hydrogen-bond acceptors (Lipinski definition) is 3. The first-order valence-electron chi connectivity index (χ1n) is 5.57. The lowest BCUT2D eigenvalue weighted by Crippen LogP contribution is -2.20.